The fourth-order valence-corrected chi connectivity index (χ4v) is 2.51. The minimum absolute atomic E-state index is 0.0758. The monoisotopic (exact) mass is 261 g/mol. The standard InChI is InChI=1S/C15H23N3O/c1-12-8-13(2)10-14(9-12)17-15(19)11-18-6-3-4-16-5-7-18/h8-10,16H,3-7,11H2,1-2H3,(H,17,19). The lowest BCUT2D eigenvalue weighted by Crippen LogP contribution is -2.35. The molecule has 19 heavy (non-hydrogen) atoms. The molecule has 1 saturated heterocycles. The molecule has 0 aromatic heterocycles. The van der Waals surface area contributed by atoms with Gasteiger partial charge in [-0.25, -0.2) is 0 Å². The van der Waals surface area contributed by atoms with Crippen molar-refractivity contribution in [2.24, 2.45) is 0 Å². The molecule has 0 atom stereocenters. The summed E-state index contributed by atoms with van der Waals surface area (Å²) < 4.78 is 0. The first-order valence-corrected chi connectivity index (χ1v) is 6.95. The average molecular weight is 261 g/mol. The van der Waals surface area contributed by atoms with Crippen LogP contribution in [0.5, 0.6) is 0 Å². The smallest absolute Gasteiger partial charge is 0.238 e. The number of carbonyl (C=O) groups excluding carboxylic acids is 1. The second kappa shape index (κ2) is 6.68. The number of hydrogen-bond donors (Lipinski definition) is 2. The second-order valence-corrected chi connectivity index (χ2v) is 5.30. The van der Waals surface area contributed by atoms with Crippen LogP contribution in [0.1, 0.15) is 17.5 Å². The van der Waals surface area contributed by atoms with Gasteiger partial charge in [0.1, 0.15) is 0 Å². The number of benzene rings is 1. The van der Waals surface area contributed by atoms with Crippen LogP contribution in [0.3, 0.4) is 0 Å². The normalized spacial score (nSPS) is 16.9. The van der Waals surface area contributed by atoms with Gasteiger partial charge in [-0.15, -0.1) is 0 Å². The third-order valence-corrected chi connectivity index (χ3v) is 3.31. The Labute approximate surface area is 115 Å². The molecule has 1 aliphatic heterocycles. The van der Waals surface area contributed by atoms with E-state index in [1.165, 1.54) is 11.1 Å². The van der Waals surface area contributed by atoms with Crippen LogP contribution in [0, 0.1) is 13.8 Å². The Morgan fingerprint density at radius 2 is 1.95 bits per heavy atom. The van der Waals surface area contributed by atoms with E-state index in [4.69, 9.17) is 0 Å². The maximum Gasteiger partial charge on any atom is 0.238 e. The van der Waals surface area contributed by atoms with Gasteiger partial charge in [0.25, 0.3) is 0 Å². The third kappa shape index (κ3) is 4.65. The summed E-state index contributed by atoms with van der Waals surface area (Å²) in [4.78, 5) is 14.2. The molecular formula is C15H23N3O. The van der Waals surface area contributed by atoms with E-state index in [0.29, 0.717) is 6.54 Å². The van der Waals surface area contributed by atoms with Crippen molar-refractivity contribution in [3.8, 4) is 0 Å². The van der Waals surface area contributed by atoms with E-state index in [0.717, 1.165) is 38.3 Å². The van der Waals surface area contributed by atoms with Crippen LogP contribution < -0.4 is 10.6 Å². The van der Waals surface area contributed by atoms with Crippen LogP contribution in [-0.2, 0) is 4.79 Å². The average Bonchev–Trinajstić information content (AvgIpc) is 2.55. The van der Waals surface area contributed by atoms with Gasteiger partial charge in [0.2, 0.25) is 5.91 Å². The zero-order valence-electron chi connectivity index (χ0n) is 11.8. The number of rotatable bonds is 3. The molecule has 4 nitrogen and oxygen atoms in total. The molecule has 1 amide bonds. The number of aryl methyl sites for hydroxylation is 2. The molecule has 0 unspecified atom stereocenters. The molecule has 0 aliphatic carbocycles. The molecule has 0 radical (unpaired) electrons. The van der Waals surface area contributed by atoms with Gasteiger partial charge in [0.05, 0.1) is 6.54 Å². The van der Waals surface area contributed by atoms with Gasteiger partial charge in [-0.05, 0) is 56.6 Å². The highest BCUT2D eigenvalue weighted by atomic mass is 16.2. The first kappa shape index (κ1) is 14.0. The molecule has 4 heteroatoms. The van der Waals surface area contributed by atoms with Crippen molar-refractivity contribution in [3.05, 3.63) is 29.3 Å². The van der Waals surface area contributed by atoms with Gasteiger partial charge >= 0.3 is 0 Å². The highest BCUT2D eigenvalue weighted by molar-refractivity contribution is 5.92. The molecule has 1 aromatic carbocycles. The molecule has 1 aliphatic rings. The van der Waals surface area contributed by atoms with E-state index >= 15 is 0 Å². The quantitative estimate of drug-likeness (QED) is 0.867. The fraction of sp³-hybridized carbons (Fsp3) is 0.533. The third-order valence-electron chi connectivity index (χ3n) is 3.31. The van der Waals surface area contributed by atoms with Crippen molar-refractivity contribution in [2.75, 3.05) is 38.0 Å². The Balaban J connectivity index is 1.89. The first-order chi connectivity index (χ1) is 9.13. The highest BCUT2D eigenvalue weighted by Gasteiger charge is 2.12. The number of carbonyl (C=O) groups is 1. The van der Waals surface area contributed by atoms with Gasteiger partial charge in [0.15, 0.2) is 0 Å². The summed E-state index contributed by atoms with van der Waals surface area (Å²) in [7, 11) is 0. The van der Waals surface area contributed by atoms with E-state index in [1.54, 1.807) is 0 Å². The lowest BCUT2D eigenvalue weighted by atomic mass is 10.1. The highest BCUT2D eigenvalue weighted by Crippen LogP contribution is 2.13. The van der Waals surface area contributed by atoms with Crippen LogP contribution in [0.4, 0.5) is 5.69 Å². The number of amides is 1. The summed E-state index contributed by atoms with van der Waals surface area (Å²) >= 11 is 0. The van der Waals surface area contributed by atoms with E-state index in [2.05, 4.69) is 21.6 Å². The SMILES string of the molecule is Cc1cc(C)cc(NC(=O)CN2CCCNCC2)c1. The van der Waals surface area contributed by atoms with Gasteiger partial charge < -0.3 is 10.6 Å². The maximum absolute atomic E-state index is 12.0. The van der Waals surface area contributed by atoms with Crippen LogP contribution in [0.2, 0.25) is 0 Å². The Hall–Kier alpha value is -1.39. The second-order valence-electron chi connectivity index (χ2n) is 5.30. The summed E-state index contributed by atoms with van der Waals surface area (Å²) in [6.45, 7) is 8.53. The van der Waals surface area contributed by atoms with E-state index in [1.807, 2.05) is 26.0 Å². The summed E-state index contributed by atoms with van der Waals surface area (Å²) in [5.41, 5.74) is 3.25. The van der Waals surface area contributed by atoms with Crippen molar-refractivity contribution in [3.63, 3.8) is 0 Å². The van der Waals surface area contributed by atoms with E-state index < -0.39 is 0 Å². The number of nitrogens with zero attached hydrogens (tertiary/aromatic N) is 1. The topological polar surface area (TPSA) is 44.4 Å². The minimum atomic E-state index is 0.0758. The van der Waals surface area contributed by atoms with Crippen molar-refractivity contribution in [1.29, 1.82) is 0 Å². The van der Waals surface area contributed by atoms with E-state index in [9.17, 15) is 4.79 Å². The number of anilines is 1. The molecule has 0 bridgehead atoms. The molecule has 1 fully saturated rings. The summed E-state index contributed by atoms with van der Waals surface area (Å²) in [6.07, 6.45) is 1.11. The van der Waals surface area contributed by atoms with Crippen LogP contribution in [0.25, 0.3) is 0 Å². The molecule has 2 N–H and O–H groups in total. The summed E-state index contributed by atoms with van der Waals surface area (Å²) in [5.74, 6) is 0.0758. The molecular weight excluding hydrogens is 238 g/mol. The van der Waals surface area contributed by atoms with Crippen LogP contribution in [0.15, 0.2) is 18.2 Å². The lowest BCUT2D eigenvalue weighted by Gasteiger charge is -2.18. The molecule has 1 aromatic rings. The largest absolute Gasteiger partial charge is 0.325 e. The zero-order valence-corrected chi connectivity index (χ0v) is 11.8. The molecule has 104 valence electrons. The zero-order chi connectivity index (χ0) is 13.7. The number of nitrogens with one attached hydrogen (secondary N) is 2. The minimum Gasteiger partial charge on any atom is -0.325 e. The van der Waals surface area contributed by atoms with Gasteiger partial charge in [-0.3, -0.25) is 9.69 Å². The Morgan fingerprint density at radius 3 is 2.68 bits per heavy atom. The van der Waals surface area contributed by atoms with Gasteiger partial charge in [-0.2, -0.15) is 0 Å². The van der Waals surface area contributed by atoms with Crippen molar-refractivity contribution in [2.45, 2.75) is 20.3 Å². The Kier molecular flexibility index (Phi) is 4.93. The molecule has 0 spiro atoms. The predicted octanol–water partition coefficient (Wildman–Crippen LogP) is 1.54. The maximum atomic E-state index is 12.0. The lowest BCUT2D eigenvalue weighted by molar-refractivity contribution is -0.117. The summed E-state index contributed by atoms with van der Waals surface area (Å²) in [6, 6.07) is 6.12. The first-order valence-electron chi connectivity index (χ1n) is 6.95. The van der Waals surface area contributed by atoms with Crippen LogP contribution in [-0.4, -0.2) is 43.5 Å². The number of hydrogen-bond acceptors (Lipinski definition) is 3. The Bertz CT molecular complexity index is 417. The molecule has 2 rings (SSSR count). The van der Waals surface area contributed by atoms with E-state index in [-0.39, 0.29) is 5.91 Å². The van der Waals surface area contributed by atoms with Gasteiger partial charge in [0, 0.05) is 18.8 Å². The molecule has 1 heterocycles. The van der Waals surface area contributed by atoms with Gasteiger partial charge in [-0.1, -0.05) is 6.07 Å². The molecule has 0 saturated carbocycles. The van der Waals surface area contributed by atoms with Crippen molar-refractivity contribution < 1.29 is 4.79 Å². The predicted molar refractivity (Wildman–Crippen MR) is 78.5 cm³/mol. The fourth-order valence-electron chi connectivity index (χ4n) is 2.51. The summed E-state index contributed by atoms with van der Waals surface area (Å²) in [5, 5.41) is 6.33. The van der Waals surface area contributed by atoms with Crippen molar-refractivity contribution in [1.82, 2.24) is 10.2 Å². The van der Waals surface area contributed by atoms with Crippen LogP contribution >= 0.6 is 0 Å². The van der Waals surface area contributed by atoms with Crippen molar-refractivity contribution >= 4 is 11.6 Å². The Morgan fingerprint density at radius 1 is 1.21 bits per heavy atom.